The first kappa shape index (κ1) is 32.1. The molecule has 0 aliphatic heterocycles. The van der Waals surface area contributed by atoms with Gasteiger partial charge in [-0.1, -0.05) is 89.7 Å². The Balaban J connectivity index is 0.00000648. The lowest BCUT2D eigenvalue weighted by molar-refractivity contribution is -0.679. The van der Waals surface area contributed by atoms with E-state index in [1.807, 2.05) is 48.1 Å². The average molecular weight is 609 g/mol. The molecular formula is C30H45IN2O3. The summed E-state index contributed by atoms with van der Waals surface area (Å²) in [6.07, 6.45) is 17.6. The van der Waals surface area contributed by atoms with E-state index in [0.717, 1.165) is 12.1 Å². The van der Waals surface area contributed by atoms with Crippen molar-refractivity contribution in [3.8, 4) is 5.75 Å². The number of ether oxygens (including phenoxy) is 1. The average Bonchev–Trinajstić information content (AvgIpc) is 2.86. The van der Waals surface area contributed by atoms with Crippen LogP contribution in [-0.2, 0) is 18.4 Å². The molecular weight excluding hydrogens is 563 g/mol. The van der Waals surface area contributed by atoms with Crippen molar-refractivity contribution in [3.63, 3.8) is 0 Å². The highest BCUT2D eigenvalue weighted by atomic mass is 127. The molecule has 6 heteroatoms. The second-order valence-electron chi connectivity index (χ2n) is 9.48. The van der Waals surface area contributed by atoms with E-state index in [1.165, 1.54) is 82.5 Å². The van der Waals surface area contributed by atoms with Crippen molar-refractivity contribution < 1.29 is 42.9 Å². The van der Waals surface area contributed by atoms with E-state index in [-0.39, 0.29) is 42.3 Å². The van der Waals surface area contributed by atoms with Gasteiger partial charge in [-0.25, -0.2) is 4.57 Å². The minimum Gasteiger partial charge on any atom is -1.00 e. The van der Waals surface area contributed by atoms with Gasteiger partial charge < -0.3 is 28.7 Å². The maximum atomic E-state index is 13.1. The number of aromatic nitrogens is 1. The number of unbranched alkanes of at least 4 members (excludes halogenated alkanes) is 11. The van der Waals surface area contributed by atoms with Crippen LogP contribution in [0.3, 0.4) is 0 Å². The predicted octanol–water partition coefficient (Wildman–Crippen LogP) is 3.78. The summed E-state index contributed by atoms with van der Waals surface area (Å²) in [5, 5.41) is 0. The molecule has 1 aromatic carbocycles. The first-order valence-electron chi connectivity index (χ1n) is 13.5. The van der Waals surface area contributed by atoms with Crippen molar-refractivity contribution in [3.05, 3.63) is 59.9 Å². The lowest BCUT2D eigenvalue weighted by Crippen LogP contribution is -3.00. The third kappa shape index (κ3) is 12.3. The Hall–Kier alpha value is -1.96. The van der Waals surface area contributed by atoms with E-state index < -0.39 is 0 Å². The largest absolute Gasteiger partial charge is 1.00 e. The normalized spacial score (nSPS) is 10.5. The molecule has 0 radical (unpaired) electrons. The molecule has 0 N–H and O–H groups in total. The van der Waals surface area contributed by atoms with E-state index in [0.29, 0.717) is 17.9 Å². The second kappa shape index (κ2) is 19.2. The molecule has 1 aromatic heterocycles. The zero-order valence-corrected chi connectivity index (χ0v) is 24.7. The molecule has 5 nitrogen and oxygen atoms in total. The minimum atomic E-state index is -0.308. The summed E-state index contributed by atoms with van der Waals surface area (Å²) in [4.78, 5) is 26.6. The highest BCUT2D eigenvalue weighted by molar-refractivity contribution is 6.04. The second-order valence-corrected chi connectivity index (χ2v) is 9.48. The summed E-state index contributed by atoms with van der Waals surface area (Å²) < 4.78 is 7.82. The van der Waals surface area contributed by atoms with Gasteiger partial charge in [0, 0.05) is 24.6 Å². The summed E-state index contributed by atoms with van der Waals surface area (Å²) >= 11 is 0. The fraction of sp³-hybridized carbons (Fsp3) is 0.567. The summed E-state index contributed by atoms with van der Waals surface area (Å²) in [7, 11) is 1.90. The number of pyridine rings is 1. The van der Waals surface area contributed by atoms with Crippen molar-refractivity contribution in [1.82, 2.24) is 4.90 Å². The Labute approximate surface area is 235 Å². The molecule has 0 aliphatic carbocycles. The lowest BCUT2D eigenvalue weighted by Gasteiger charge is -2.18. The quantitative estimate of drug-likeness (QED) is 0.156. The Kier molecular flexibility index (Phi) is 17.1. The number of nitrogens with zero attached hydrogens (tertiary/aromatic N) is 2. The molecule has 2 rings (SSSR count). The van der Waals surface area contributed by atoms with Crippen LogP contribution >= 0.6 is 0 Å². The van der Waals surface area contributed by atoms with Gasteiger partial charge in [-0.15, -0.1) is 0 Å². The van der Waals surface area contributed by atoms with Gasteiger partial charge in [0.25, 0.3) is 5.91 Å². The molecule has 0 spiro atoms. The summed E-state index contributed by atoms with van der Waals surface area (Å²) in [6.45, 7) is 4.57. The molecule has 2 aromatic rings. The van der Waals surface area contributed by atoms with Crippen molar-refractivity contribution in [2.45, 2.75) is 97.4 Å². The van der Waals surface area contributed by atoms with E-state index in [9.17, 15) is 9.59 Å². The number of hydrogen-bond acceptors (Lipinski definition) is 3. The van der Waals surface area contributed by atoms with Crippen LogP contribution in [0.1, 0.15) is 107 Å². The molecule has 0 fully saturated rings. The maximum absolute atomic E-state index is 13.1. The van der Waals surface area contributed by atoms with E-state index >= 15 is 0 Å². The maximum Gasteiger partial charge on any atom is 0.261 e. The topological polar surface area (TPSA) is 50.5 Å². The van der Waals surface area contributed by atoms with Gasteiger partial charge in [0.2, 0.25) is 11.6 Å². The van der Waals surface area contributed by atoms with Crippen LogP contribution < -0.4 is 33.3 Å². The highest BCUT2D eigenvalue weighted by Crippen LogP contribution is 2.17. The molecule has 36 heavy (non-hydrogen) atoms. The van der Waals surface area contributed by atoms with E-state index in [1.54, 1.807) is 12.1 Å². The molecule has 0 saturated heterocycles. The molecule has 2 amide bonds. The first-order valence-corrected chi connectivity index (χ1v) is 13.5. The van der Waals surface area contributed by atoms with Crippen molar-refractivity contribution in [2.75, 3.05) is 6.61 Å². The smallest absolute Gasteiger partial charge is 0.261 e. The Morgan fingerprint density at radius 1 is 0.833 bits per heavy atom. The monoisotopic (exact) mass is 608 g/mol. The predicted molar refractivity (Wildman–Crippen MR) is 141 cm³/mol. The molecule has 0 atom stereocenters. The number of benzene rings is 1. The summed E-state index contributed by atoms with van der Waals surface area (Å²) in [6, 6.07) is 12.9. The summed E-state index contributed by atoms with van der Waals surface area (Å²) in [5.41, 5.74) is 1.35. The van der Waals surface area contributed by atoms with Crippen LogP contribution in [0.25, 0.3) is 0 Å². The number of amides is 2. The van der Waals surface area contributed by atoms with Crippen LogP contribution in [-0.4, -0.2) is 23.3 Å². The number of carbonyl (C=O) groups excluding carboxylic acids is 2. The zero-order chi connectivity index (χ0) is 25.3. The number of rotatable bonds is 17. The van der Waals surface area contributed by atoms with E-state index in [4.69, 9.17) is 4.74 Å². The Morgan fingerprint density at radius 2 is 1.44 bits per heavy atom. The van der Waals surface area contributed by atoms with Crippen LogP contribution in [0.4, 0.5) is 0 Å². The standard InChI is InChI=1S/C30H45N2O3.HI/c1-4-5-6-7-8-9-10-11-12-13-14-17-23-35-29-21-18-19-27(24-29)30(34)32(26(2)33)25-28-20-15-16-22-31(28)3;/h15-16,18-22,24H,4-14,17,23,25H2,1-3H3;1H/q+1;/p-1. The number of aryl methyl sites for hydroxylation is 1. The summed E-state index contributed by atoms with van der Waals surface area (Å²) in [5.74, 6) is 0.0894. The SMILES string of the molecule is CCCCCCCCCCCCCCOc1cccc(C(=O)N(Cc2cccc[n+]2C)C(C)=O)c1.[I-]. The lowest BCUT2D eigenvalue weighted by atomic mass is 10.1. The van der Waals surface area contributed by atoms with Crippen LogP contribution in [0.2, 0.25) is 0 Å². The molecule has 0 bridgehead atoms. The molecule has 0 saturated carbocycles. The highest BCUT2D eigenvalue weighted by Gasteiger charge is 2.23. The van der Waals surface area contributed by atoms with Crippen LogP contribution in [0.5, 0.6) is 5.75 Å². The van der Waals surface area contributed by atoms with Crippen molar-refractivity contribution in [2.24, 2.45) is 7.05 Å². The molecule has 0 unspecified atom stereocenters. The number of halogens is 1. The minimum absolute atomic E-state index is 0. The van der Waals surface area contributed by atoms with Crippen LogP contribution in [0, 0.1) is 0 Å². The molecule has 0 aliphatic rings. The molecule has 200 valence electrons. The molecule has 1 heterocycles. The van der Waals surface area contributed by atoms with Crippen LogP contribution in [0.15, 0.2) is 48.7 Å². The van der Waals surface area contributed by atoms with E-state index in [2.05, 4.69) is 6.92 Å². The third-order valence-corrected chi connectivity index (χ3v) is 6.46. The van der Waals surface area contributed by atoms with Gasteiger partial charge in [-0.05, 0) is 24.6 Å². The van der Waals surface area contributed by atoms with Gasteiger partial charge >= 0.3 is 0 Å². The fourth-order valence-corrected chi connectivity index (χ4v) is 4.22. The van der Waals surface area contributed by atoms with Crippen molar-refractivity contribution in [1.29, 1.82) is 0 Å². The van der Waals surface area contributed by atoms with Gasteiger partial charge in [0.1, 0.15) is 19.3 Å². The number of imide groups is 1. The zero-order valence-electron chi connectivity index (χ0n) is 22.5. The van der Waals surface area contributed by atoms with Gasteiger partial charge in [0.15, 0.2) is 6.20 Å². The van der Waals surface area contributed by atoms with Gasteiger partial charge in [-0.2, -0.15) is 0 Å². The first-order chi connectivity index (χ1) is 17.0. The number of carbonyl (C=O) groups is 2. The third-order valence-electron chi connectivity index (χ3n) is 6.46. The van der Waals surface area contributed by atoms with Crippen molar-refractivity contribution >= 4 is 11.8 Å². The Morgan fingerprint density at radius 3 is 2.03 bits per heavy atom. The fourth-order valence-electron chi connectivity index (χ4n) is 4.22. The van der Waals surface area contributed by atoms with Gasteiger partial charge in [0.05, 0.1) is 6.61 Å². The van der Waals surface area contributed by atoms with Gasteiger partial charge in [-0.3, -0.25) is 14.5 Å². The Bertz CT molecular complexity index is 903. The number of hydrogen-bond donors (Lipinski definition) is 0.